The monoisotopic (exact) mass is 248 g/mol. The van der Waals surface area contributed by atoms with Gasteiger partial charge in [-0.15, -0.1) is 0 Å². The first-order chi connectivity index (χ1) is 8.78. The van der Waals surface area contributed by atoms with Gasteiger partial charge < -0.3 is 9.47 Å². The quantitative estimate of drug-likeness (QED) is 0.432. The summed E-state index contributed by atoms with van der Waals surface area (Å²) < 4.78 is 11.7. The molecule has 4 rings (SSSR count). The molecule has 0 radical (unpaired) electrons. The van der Waals surface area contributed by atoms with Crippen LogP contribution in [0.1, 0.15) is 33.1 Å². The number of ether oxygens (including phenoxy) is 2. The van der Waals surface area contributed by atoms with Crippen molar-refractivity contribution in [2.45, 2.75) is 45.5 Å². The maximum atomic E-state index is 6.16. The molecule has 4 aliphatic rings. The zero-order chi connectivity index (χ0) is 12.3. The average Bonchev–Trinajstić information content (AvgIpc) is 3.07. The van der Waals surface area contributed by atoms with E-state index in [1.54, 1.807) is 0 Å². The minimum absolute atomic E-state index is 0.0214. The molecule has 2 heteroatoms. The Morgan fingerprint density at radius 2 is 1.89 bits per heavy atom. The second kappa shape index (κ2) is 4.08. The molecule has 0 aliphatic heterocycles. The molecule has 0 saturated heterocycles. The van der Waals surface area contributed by atoms with Gasteiger partial charge in [-0.3, -0.25) is 0 Å². The molecule has 0 aromatic rings. The standard InChI is InChI=1S/C16H24O2/c1-3-17-9(2)18-14-8-12-7-13(14)16-11-5-4-10(6-11)15(12)16/h4-5,9-16H,3,6-8H2,1-2H3. The van der Waals surface area contributed by atoms with E-state index < -0.39 is 0 Å². The lowest BCUT2D eigenvalue weighted by Crippen LogP contribution is -2.37. The molecule has 0 heterocycles. The van der Waals surface area contributed by atoms with Crippen molar-refractivity contribution in [1.29, 1.82) is 0 Å². The van der Waals surface area contributed by atoms with Gasteiger partial charge in [-0.2, -0.15) is 0 Å². The predicted molar refractivity (Wildman–Crippen MR) is 69.9 cm³/mol. The lowest BCUT2D eigenvalue weighted by atomic mass is 9.72. The minimum Gasteiger partial charge on any atom is -0.353 e. The highest BCUT2D eigenvalue weighted by atomic mass is 16.7. The SMILES string of the molecule is CCOC(C)OC1CC2CC1C1C3C=CC(C3)C21. The van der Waals surface area contributed by atoms with Crippen molar-refractivity contribution in [2.24, 2.45) is 35.5 Å². The van der Waals surface area contributed by atoms with Crippen molar-refractivity contribution in [3.63, 3.8) is 0 Å². The number of fused-ring (bicyclic) bond motifs is 9. The molecular formula is C16H24O2. The molecule has 3 saturated carbocycles. The van der Waals surface area contributed by atoms with Crippen LogP contribution in [0.2, 0.25) is 0 Å². The van der Waals surface area contributed by atoms with E-state index in [0.29, 0.717) is 6.10 Å². The summed E-state index contributed by atoms with van der Waals surface area (Å²) in [5.41, 5.74) is 0. The first kappa shape index (κ1) is 11.5. The maximum Gasteiger partial charge on any atom is 0.155 e. The predicted octanol–water partition coefficient (Wildman–Crippen LogP) is 3.23. The third kappa shape index (κ3) is 1.48. The molecule has 4 bridgehead atoms. The van der Waals surface area contributed by atoms with Gasteiger partial charge in [0.05, 0.1) is 6.10 Å². The molecule has 2 nitrogen and oxygen atoms in total. The lowest BCUT2D eigenvalue weighted by Gasteiger charge is -2.37. The third-order valence-electron chi connectivity index (χ3n) is 5.98. The van der Waals surface area contributed by atoms with Gasteiger partial charge in [0.25, 0.3) is 0 Å². The summed E-state index contributed by atoms with van der Waals surface area (Å²) in [5.74, 6) is 5.51. The summed E-state index contributed by atoms with van der Waals surface area (Å²) in [6.07, 6.45) is 9.61. The van der Waals surface area contributed by atoms with E-state index in [2.05, 4.69) is 12.2 Å². The van der Waals surface area contributed by atoms with Crippen molar-refractivity contribution < 1.29 is 9.47 Å². The van der Waals surface area contributed by atoms with Gasteiger partial charge in [0, 0.05) is 6.61 Å². The summed E-state index contributed by atoms with van der Waals surface area (Å²) in [5, 5.41) is 0. The van der Waals surface area contributed by atoms with Crippen molar-refractivity contribution in [2.75, 3.05) is 6.61 Å². The van der Waals surface area contributed by atoms with Crippen molar-refractivity contribution in [3.8, 4) is 0 Å². The van der Waals surface area contributed by atoms with E-state index in [1.807, 2.05) is 13.8 Å². The van der Waals surface area contributed by atoms with Gasteiger partial charge in [0.1, 0.15) is 0 Å². The molecule has 0 aromatic heterocycles. The van der Waals surface area contributed by atoms with Crippen LogP contribution in [0.3, 0.4) is 0 Å². The average molecular weight is 248 g/mol. The Labute approximate surface area is 110 Å². The summed E-state index contributed by atoms with van der Waals surface area (Å²) in [4.78, 5) is 0. The van der Waals surface area contributed by atoms with Crippen LogP contribution in [0, 0.1) is 35.5 Å². The fraction of sp³-hybridized carbons (Fsp3) is 0.875. The van der Waals surface area contributed by atoms with E-state index in [0.717, 1.165) is 42.1 Å². The Hall–Kier alpha value is -0.340. The van der Waals surface area contributed by atoms with Crippen LogP contribution in [-0.4, -0.2) is 19.0 Å². The molecule has 4 aliphatic carbocycles. The molecule has 100 valence electrons. The van der Waals surface area contributed by atoms with Crippen LogP contribution in [0.25, 0.3) is 0 Å². The molecule has 18 heavy (non-hydrogen) atoms. The largest absolute Gasteiger partial charge is 0.353 e. The second-order valence-corrected chi connectivity index (χ2v) is 6.70. The molecule has 8 atom stereocenters. The zero-order valence-corrected chi connectivity index (χ0v) is 11.4. The summed E-state index contributed by atoms with van der Waals surface area (Å²) in [6.45, 7) is 4.84. The molecule has 0 spiro atoms. The van der Waals surface area contributed by atoms with Gasteiger partial charge in [-0.25, -0.2) is 0 Å². The summed E-state index contributed by atoms with van der Waals surface area (Å²) in [7, 11) is 0. The Bertz CT molecular complexity index is 364. The Kier molecular flexibility index (Phi) is 2.60. The van der Waals surface area contributed by atoms with Gasteiger partial charge in [0.15, 0.2) is 6.29 Å². The minimum atomic E-state index is -0.0214. The first-order valence-corrected chi connectivity index (χ1v) is 7.73. The van der Waals surface area contributed by atoms with E-state index >= 15 is 0 Å². The summed E-state index contributed by atoms with van der Waals surface area (Å²) >= 11 is 0. The van der Waals surface area contributed by atoms with Crippen LogP contribution in [-0.2, 0) is 9.47 Å². The lowest BCUT2D eigenvalue weighted by molar-refractivity contribution is -0.175. The van der Waals surface area contributed by atoms with Gasteiger partial charge >= 0.3 is 0 Å². The van der Waals surface area contributed by atoms with Crippen molar-refractivity contribution in [1.82, 2.24) is 0 Å². The van der Waals surface area contributed by atoms with Crippen molar-refractivity contribution in [3.05, 3.63) is 12.2 Å². The van der Waals surface area contributed by atoms with E-state index in [-0.39, 0.29) is 6.29 Å². The molecule has 0 amide bonds. The highest BCUT2D eigenvalue weighted by Gasteiger charge is 2.61. The summed E-state index contributed by atoms with van der Waals surface area (Å²) in [6, 6.07) is 0. The van der Waals surface area contributed by atoms with E-state index in [1.165, 1.54) is 19.3 Å². The van der Waals surface area contributed by atoms with Crippen molar-refractivity contribution >= 4 is 0 Å². The van der Waals surface area contributed by atoms with E-state index in [4.69, 9.17) is 9.47 Å². The number of hydrogen-bond donors (Lipinski definition) is 0. The van der Waals surface area contributed by atoms with Crippen LogP contribution in [0.4, 0.5) is 0 Å². The first-order valence-electron chi connectivity index (χ1n) is 7.73. The van der Waals surface area contributed by atoms with Crippen LogP contribution in [0.15, 0.2) is 12.2 Å². The van der Waals surface area contributed by atoms with Gasteiger partial charge in [0.2, 0.25) is 0 Å². The topological polar surface area (TPSA) is 18.5 Å². The number of hydrogen-bond acceptors (Lipinski definition) is 2. The molecule has 0 aromatic carbocycles. The van der Waals surface area contributed by atoms with Crippen LogP contribution in [0.5, 0.6) is 0 Å². The fourth-order valence-corrected chi connectivity index (χ4v) is 5.63. The molecule has 0 N–H and O–H groups in total. The zero-order valence-electron chi connectivity index (χ0n) is 11.4. The Balaban J connectivity index is 1.47. The Morgan fingerprint density at radius 1 is 1.11 bits per heavy atom. The van der Waals surface area contributed by atoms with Crippen LogP contribution >= 0.6 is 0 Å². The normalized spacial score (nSPS) is 53.1. The Morgan fingerprint density at radius 3 is 2.67 bits per heavy atom. The van der Waals surface area contributed by atoms with Crippen LogP contribution < -0.4 is 0 Å². The third-order valence-corrected chi connectivity index (χ3v) is 5.98. The van der Waals surface area contributed by atoms with Gasteiger partial charge in [-0.05, 0) is 68.6 Å². The molecular weight excluding hydrogens is 224 g/mol. The maximum absolute atomic E-state index is 6.16. The molecule has 3 fully saturated rings. The fourth-order valence-electron chi connectivity index (χ4n) is 5.63. The smallest absolute Gasteiger partial charge is 0.155 e. The highest BCUT2D eigenvalue weighted by molar-refractivity contribution is 5.21. The number of allylic oxidation sites excluding steroid dienone is 2. The van der Waals surface area contributed by atoms with Gasteiger partial charge in [-0.1, -0.05) is 12.2 Å². The van der Waals surface area contributed by atoms with E-state index in [9.17, 15) is 0 Å². The number of rotatable bonds is 4. The molecule has 8 unspecified atom stereocenters. The highest BCUT2D eigenvalue weighted by Crippen LogP contribution is 2.65. The second-order valence-electron chi connectivity index (χ2n) is 6.70.